The molecule has 0 aliphatic heterocycles. The van der Waals surface area contributed by atoms with Gasteiger partial charge in [0.1, 0.15) is 0 Å². The lowest BCUT2D eigenvalue weighted by Crippen LogP contribution is -2.28. The fourth-order valence-corrected chi connectivity index (χ4v) is 3.39. The number of aryl methyl sites for hydroxylation is 1. The molecule has 0 heterocycles. The van der Waals surface area contributed by atoms with Gasteiger partial charge in [0.25, 0.3) is 21.6 Å². The Morgan fingerprint density at radius 2 is 1.93 bits per heavy atom. The Morgan fingerprint density at radius 1 is 1.22 bits per heavy atom. The average molecular weight is 393 g/mol. The van der Waals surface area contributed by atoms with E-state index in [-0.39, 0.29) is 28.4 Å². The Labute approximate surface area is 156 Å². The number of benzene rings is 2. The molecule has 0 aliphatic carbocycles. The molecule has 1 amide bonds. The van der Waals surface area contributed by atoms with Crippen LogP contribution in [0.5, 0.6) is 0 Å². The molecule has 0 aromatic heterocycles. The molecule has 9 nitrogen and oxygen atoms in total. The van der Waals surface area contributed by atoms with Crippen LogP contribution >= 0.6 is 0 Å². The number of para-hydroxylation sites is 1. The first kappa shape index (κ1) is 20.3. The van der Waals surface area contributed by atoms with Gasteiger partial charge < -0.3 is 10.1 Å². The van der Waals surface area contributed by atoms with E-state index < -0.39 is 20.9 Å². The summed E-state index contributed by atoms with van der Waals surface area (Å²) in [6, 6.07) is 9.69. The SMILES string of the molecule is COCCNC(=O)c1ccccc1NS(=O)(=O)c1ccc(C)c([N+](=O)[O-])c1. The summed E-state index contributed by atoms with van der Waals surface area (Å²) in [5.41, 5.74) is 0.231. The van der Waals surface area contributed by atoms with Gasteiger partial charge in [-0.25, -0.2) is 8.42 Å². The first-order chi connectivity index (χ1) is 12.8. The summed E-state index contributed by atoms with van der Waals surface area (Å²) < 4.78 is 32.4. The van der Waals surface area contributed by atoms with Crippen LogP contribution in [0.2, 0.25) is 0 Å². The summed E-state index contributed by atoms with van der Waals surface area (Å²) in [6.45, 7) is 2.09. The largest absolute Gasteiger partial charge is 0.383 e. The zero-order valence-corrected chi connectivity index (χ0v) is 15.6. The molecule has 0 radical (unpaired) electrons. The van der Waals surface area contributed by atoms with Crippen molar-refractivity contribution in [1.29, 1.82) is 0 Å². The highest BCUT2D eigenvalue weighted by Gasteiger charge is 2.22. The first-order valence-corrected chi connectivity index (χ1v) is 9.38. The monoisotopic (exact) mass is 393 g/mol. The molecule has 2 aromatic carbocycles. The van der Waals surface area contributed by atoms with E-state index in [0.29, 0.717) is 12.2 Å². The van der Waals surface area contributed by atoms with Gasteiger partial charge in [-0.1, -0.05) is 18.2 Å². The standard InChI is InChI=1S/C17H19N3O6S/c1-12-7-8-13(11-16(12)20(22)23)27(24,25)19-15-6-4-3-5-14(15)17(21)18-9-10-26-2/h3-8,11,19H,9-10H2,1-2H3,(H,18,21). The molecule has 10 heteroatoms. The van der Waals surface area contributed by atoms with Crippen LogP contribution in [0.25, 0.3) is 0 Å². The summed E-state index contributed by atoms with van der Waals surface area (Å²) in [5.74, 6) is -0.472. The zero-order chi connectivity index (χ0) is 20.0. The van der Waals surface area contributed by atoms with E-state index in [4.69, 9.17) is 4.74 Å². The van der Waals surface area contributed by atoms with E-state index in [2.05, 4.69) is 10.0 Å². The van der Waals surface area contributed by atoms with E-state index in [1.807, 2.05) is 0 Å². The van der Waals surface area contributed by atoms with Crippen molar-refractivity contribution in [3.8, 4) is 0 Å². The van der Waals surface area contributed by atoms with Crippen molar-refractivity contribution in [3.05, 3.63) is 63.7 Å². The number of anilines is 1. The average Bonchev–Trinajstić information content (AvgIpc) is 2.62. The number of nitrogens with zero attached hydrogens (tertiary/aromatic N) is 1. The van der Waals surface area contributed by atoms with Crippen LogP contribution in [0.15, 0.2) is 47.4 Å². The van der Waals surface area contributed by atoms with E-state index in [0.717, 1.165) is 6.07 Å². The lowest BCUT2D eigenvalue weighted by atomic mass is 10.1. The smallest absolute Gasteiger partial charge is 0.273 e. The summed E-state index contributed by atoms with van der Waals surface area (Å²) in [7, 11) is -2.63. The minimum atomic E-state index is -4.13. The van der Waals surface area contributed by atoms with Crippen molar-refractivity contribution in [2.75, 3.05) is 25.0 Å². The molecule has 0 saturated carbocycles. The molecular weight excluding hydrogens is 374 g/mol. The van der Waals surface area contributed by atoms with Crippen molar-refractivity contribution in [2.24, 2.45) is 0 Å². The van der Waals surface area contributed by atoms with E-state index >= 15 is 0 Å². The molecule has 2 N–H and O–H groups in total. The summed E-state index contributed by atoms with van der Waals surface area (Å²) in [6.07, 6.45) is 0. The second-order valence-electron chi connectivity index (χ2n) is 5.61. The maximum atomic E-state index is 12.6. The number of methoxy groups -OCH3 is 1. The predicted molar refractivity (Wildman–Crippen MR) is 99.3 cm³/mol. The van der Waals surface area contributed by atoms with Crippen LogP contribution < -0.4 is 10.0 Å². The number of carbonyl (C=O) groups excluding carboxylic acids is 1. The third-order valence-electron chi connectivity index (χ3n) is 3.70. The van der Waals surface area contributed by atoms with Crippen LogP contribution in [0, 0.1) is 17.0 Å². The molecule has 0 bridgehead atoms. The minimum absolute atomic E-state index is 0.0654. The number of sulfonamides is 1. The van der Waals surface area contributed by atoms with Crippen LogP contribution in [-0.2, 0) is 14.8 Å². The maximum Gasteiger partial charge on any atom is 0.273 e. The van der Waals surface area contributed by atoms with Gasteiger partial charge in [0.15, 0.2) is 0 Å². The van der Waals surface area contributed by atoms with Gasteiger partial charge in [-0.05, 0) is 25.1 Å². The van der Waals surface area contributed by atoms with Gasteiger partial charge in [0.2, 0.25) is 0 Å². The van der Waals surface area contributed by atoms with Gasteiger partial charge >= 0.3 is 0 Å². The second-order valence-corrected chi connectivity index (χ2v) is 7.29. The lowest BCUT2D eigenvalue weighted by Gasteiger charge is -2.13. The van der Waals surface area contributed by atoms with Gasteiger partial charge in [0.05, 0.1) is 27.7 Å². The highest BCUT2D eigenvalue weighted by Crippen LogP contribution is 2.25. The summed E-state index contributed by atoms with van der Waals surface area (Å²) >= 11 is 0. The van der Waals surface area contributed by atoms with Crippen molar-refractivity contribution < 1.29 is 22.9 Å². The quantitative estimate of drug-likeness (QED) is 0.401. The fraction of sp³-hybridized carbons (Fsp3) is 0.235. The fourth-order valence-electron chi connectivity index (χ4n) is 2.29. The van der Waals surface area contributed by atoms with E-state index in [9.17, 15) is 23.3 Å². The minimum Gasteiger partial charge on any atom is -0.383 e. The Kier molecular flexibility index (Phi) is 6.48. The molecule has 0 atom stereocenters. The predicted octanol–water partition coefficient (Wildman–Crippen LogP) is 2.08. The van der Waals surface area contributed by atoms with E-state index in [1.54, 1.807) is 12.1 Å². The van der Waals surface area contributed by atoms with Crippen molar-refractivity contribution in [1.82, 2.24) is 5.32 Å². The second kappa shape index (κ2) is 8.60. The van der Waals surface area contributed by atoms with Crippen molar-refractivity contribution in [3.63, 3.8) is 0 Å². The van der Waals surface area contributed by atoms with Gasteiger partial charge in [0, 0.05) is 25.3 Å². The molecule has 0 unspecified atom stereocenters. The lowest BCUT2D eigenvalue weighted by molar-refractivity contribution is -0.385. The molecule has 144 valence electrons. The number of nitro benzene ring substituents is 1. The highest BCUT2D eigenvalue weighted by molar-refractivity contribution is 7.92. The van der Waals surface area contributed by atoms with Gasteiger partial charge in [-0.3, -0.25) is 19.6 Å². The molecular formula is C17H19N3O6S. The molecule has 2 rings (SSSR count). The van der Waals surface area contributed by atoms with Crippen molar-refractivity contribution in [2.45, 2.75) is 11.8 Å². The third-order valence-corrected chi connectivity index (χ3v) is 5.06. The van der Waals surface area contributed by atoms with Crippen molar-refractivity contribution >= 4 is 27.3 Å². The highest BCUT2D eigenvalue weighted by atomic mass is 32.2. The summed E-state index contributed by atoms with van der Waals surface area (Å²) in [5, 5.41) is 13.7. The number of carbonyl (C=O) groups is 1. The zero-order valence-electron chi connectivity index (χ0n) is 14.8. The van der Waals surface area contributed by atoms with Crippen LogP contribution in [-0.4, -0.2) is 39.5 Å². The maximum absolute atomic E-state index is 12.6. The number of hydrogen-bond donors (Lipinski definition) is 2. The molecule has 0 saturated heterocycles. The Bertz CT molecular complexity index is 959. The number of nitro groups is 1. The molecule has 0 spiro atoms. The number of amides is 1. The Morgan fingerprint density at radius 3 is 2.59 bits per heavy atom. The van der Waals surface area contributed by atoms with Gasteiger partial charge in [-0.15, -0.1) is 0 Å². The van der Waals surface area contributed by atoms with Crippen LogP contribution in [0.4, 0.5) is 11.4 Å². The van der Waals surface area contributed by atoms with E-state index in [1.165, 1.54) is 38.3 Å². The molecule has 0 aliphatic rings. The third kappa shape index (κ3) is 5.02. The first-order valence-electron chi connectivity index (χ1n) is 7.90. The number of rotatable bonds is 8. The molecule has 27 heavy (non-hydrogen) atoms. The van der Waals surface area contributed by atoms with Crippen LogP contribution in [0.1, 0.15) is 15.9 Å². The number of hydrogen-bond acceptors (Lipinski definition) is 6. The summed E-state index contributed by atoms with van der Waals surface area (Å²) in [4.78, 5) is 22.4. The van der Waals surface area contributed by atoms with Crippen LogP contribution in [0.3, 0.4) is 0 Å². The number of nitrogens with one attached hydrogen (secondary N) is 2. The molecule has 0 fully saturated rings. The Balaban J connectivity index is 2.32. The van der Waals surface area contributed by atoms with Gasteiger partial charge in [-0.2, -0.15) is 0 Å². The normalized spacial score (nSPS) is 11.0. The molecule has 2 aromatic rings. The topological polar surface area (TPSA) is 128 Å². The Hall–Kier alpha value is -2.98. The number of ether oxygens (including phenoxy) is 1.